The van der Waals surface area contributed by atoms with Crippen LogP contribution in [-0.4, -0.2) is 20.7 Å². The largest absolute Gasteiger partial charge is 0.383 e. The van der Waals surface area contributed by atoms with Crippen LogP contribution in [0.5, 0.6) is 0 Å². The maximum atomic E-state index is 11.9. The Morgan fingerprint density at radius 3 is 2.60 bits per heavy atom. The van der Waals surface area contributed by atoms with Crippen LogP contribution in [-0.2, 0) is 0 Å². The lowest BCUT2D eigenvalue weighted by molar-refractivity contribution is 0.0947. The van der Waals surface area contributed by atoms with Gasteiger partial charge in [0, 0.05) is 24.0 Å². The number of carbonyl (C=O) groups excluding carboxylic acids is 1. The summed E-state index contributed by atoms with van der Waals surface area (Å²) in [4.78, 5) is 15.7. The van der Waals surface area contributed by atoms with E-state index in [4.69, 9.17) is 5.73 Å². The second-order valence-corrected chi connectivity index (χ2v) is 3.16. The number of hydrogen-bond acceptors (Lipinski definition) is 4. The van der Waals surface area contributed by atoms with Crippen LogP contribution in [0.1, 0.15) is 16.1 Å². The highest BCUT2D eigenvalue weighted by molar-refractivity contribution is 5.96. The van der Waals surface area contributed by atoms with E-state index in [1.54, 1.807) is 37.5 Å². The highest BCUT2D eigenvalue weighted by atomic mass is 16.2. The molecule has 0 amide bonds. The molecule has 0 saturated heterocycles. The summed E-state index contributed by atoms with van der Waals surface area (Å²) in [5, 5.41) is 4.01. The summed E-state index contributed by atoms with van der Waals surface area (Å²) in [6.07, 6.45) is 3.11. The van der Waals surface area contributed by atoms with Crippen molar-refractivity contribution in [2.75, 3.05) is 5.73 Å². The lowest BCUT2D eigenvalue weighted by atomic mass is 10.2. The lowest BCUT2D eigenvalue weighted by Crippen LogP contribution is -2.16. The monoisotopic (exact) mass is 202 g/mol. The van der Waals surface area contributed by atoms with E-state index in [2.05, 4.69) is 10.1 Å². The molecule has 5 heteroatoms. The van der Waals surface area contributed by atoms with Gasteiger partial charge in [0.05, 0.1) is 5.69 Å². The smallest absolute Gasteiger partial charge is 0.280 e. The quantitative estimate of drug-likeness (QED) is 0.744. The molecular formula is C10H10N4O. The topological polar surface area (TPSA) is 73.8 Å². The summed E-state index contributed by atoms with van der Waals surface area (Å²) in [5.74, 6) is 0.0947. The van der Waals surface area contributed by atoms with Gasteiger partial charge in [-0.2, -0.15) is 9.78 Å². The van der Waals surface area contributed by atoms with E-state index in [0.29, 0.717) is 11.4 Å². The van der Waals surface area contributed by atoms with Crippen LogP contribution < -0.4 is 5.73 Å². The number of aromatic nitrogens is 3. The van der Waals surface area contributed by atoms with E-state index in [9.17, 15) is 4.79 Å². The Balaban J connectivity index is 2.41. The molecule has 2 N–H and O–H groups in total. The summed E-state index contributed by atoms with van der Waals surface area (Å²) in [5.41, 5.74) is 6.87. The number of nitrogens with two attached hydrogens (primary N) is 1. The fourth-order valence-electron chi connectivity index (χ4n) is 1.30. The average Bonchev–Trinajstić information content (AvgIpc) is 2.58. The fraction of sp³-hybridized carbons (Fsp3) is 0.100. The van der Waals surface area contributed by atoms with Gasteiger partial charge in [-0.3, -0.25) is 9.78 Å². The lowest BCUT2D eigenvalue weighted by Gasteiger charge is -2.01. The molecule has 0 saturated carbocycles. The number of nitrogens with zero attached hydrogens (tertiary/aromatic N) is 3. The SMILES string of the molecule is Cc1cc(N)n(C(=O)c2ccncc2)n1. The number of nitrogen functional groups attached to an aromatic ring is 1. The molecule has 0 aliphatic rings. The van der Waals surface area contributed by atoms with Crippen molar-refractivity contribution in [1.29, 1.82) is 0 Å². The zero-order valence-corrected chi connectivity index (χ0v) is 8.21. The number of hydrogen-bond donors (Lipinski definition) is 1. The van der Waals surface area contributed by atoms with Gasteiger partial charge < -0.3 is 5.73 Å². The predicted octanol–water partition coefficient (Wildman–Crippen LogP) is 0.857. The van der Waals surface area contributed by atoms with E-state index < -0.39 is 0 Å². The summed E-state index contributed by atoms with van der Waals surface area (Å²) >= 11 is 0. The first-order chi connectivity index (χ1) is 7.18. The number of pyridine rings is 1. The van der Waals surface area contributed by atoms with Crippen LogP contribution in [0.3, 0.4) is 0 Å². The van der Waals surface area contributed by atoms with E-state index in [1.165, 1.54) is 4.68 Å². The molecule has 0 unspecified atom stereocenters. The molecule has 15 heavy (non-hydrogen) atoms. The number of rotatable bonds is 1. The predicted molar refractivity (Wildman–Crippen MR) is 55.3 cm³/mol. The highest BCUT2D eigenvalue weighted by Gasteiger charge is 2.12. The van der Waals surface area contributed by atoms with Gasteiger partial charge >= 0.3 is 0 Å². The van der Waals surface area contributed by atoms with Crippen LogP contribution in [0.4, 0.5) is 5.82 Å². The Labute approximate surface area is 86.5 Å². The first kappa shape index (κ1) is 9.39. The number of aryl methyl sites for hydroxylation is 1. The number of carbonyl (C=O) groups is 1. The second-order valence-electron chi connectivity index (χ2n) is 3.16. The van der Waals surface area contributed by atoms with E-state index >= 15 is 0 Å². The van der Waals surface area contributed by atoms with Gasteiger partial charge in [0.15, 0.2) is 0 Å². The van der Waals surface area contributed by atoms with E-state index in [1.807, 2.05) is 0 Å². The zero-order valence-electron chi connectivity index (χ0n) is 8.21. The van der Waals surface area contributed by atoms with Crippen LogP contribution in [0.25, 0.3) is 0 Å². The van der Waals surface area contributed by atoms with Crippen molar-refractivity contribution in [1.82, 2.24) is 14.8 Å². The highest BCUT2D eigenvalue weighted by Crippen LogP contribution is 2.08. The molecule has 2 rings (SSSR count). The van der Waals surface area contributed by atoms with Crippen LogP contribution in [0.15, 0.2) is 30.6 Å². The second kappa shape index (κ2) is 3.53. The van der Waals surface area contributed by atoms with Gasteiger partial charge in [0.2, 0.25) is 0 Å². The van der Waals surface area contributed by atoms with E-state index in [-0.39, 0.29) is 5.91 Å². The maximum Gasteiger partial charge on any atom is 0.280 e. The van der Waals surface area contributed by atoms with Gasteiger partial charge in [-0.15, -0.1) is 0 Å². The molecule has 0 fully saturated rings. The summed E-state index contributed by atoms with van der Waals surface area (Å²) in [6.45, 7) is 1.78. The van der Waals surface area contributed by atoms with Crippen LogP contribution in [0, 0.1) is 6.92 Å². The molecule has 0 bridgehead atoms. The molecule has 2 aromatic heterocycles. The summed E-state index contributed by atoms with van der Waals surface area (Å²) < 4.78 is 1.19. The van der Waals surface area contributed by atoms with Gasteiger partial charge in [0.1, 0.15) is 5.82 Å². The van der Waals surface area contributed by atoms with Crippen molar-refractivity contribution in [3.05, 3.63) is 41.9 Å². The Morgan fingerprint density at radius 1 is 1.40 bits per heavy atom. The Hall–Kier alpha value is -2.17. The molecule has 0 aliphatic heterocycles. The molecule has 2 heterocycles. The first-order valence-electron chi connectivity index (χ1n) is 4.45. The van der Waals surface area contributed by atoms with Crippen molar-refractivity contribution in [2.45, 2.75) is 6.92 Å². The fourth-order valence-corrected chi connectivity index (χ4v) is 1.30. The molecule has 2 aromatic rings. The van der Waals surface area contributed by atoms with Gasteiger partial charge in [-0.1, -0.05) is 0 Å². The molecule has 76 valence electrons. The Kier molecular flexibility index (Phi) is 2.21. The van der Waals surface area contributed by atoms with Gasteiger partial charge in [-0.25, -0.2) is 0 Å². The molecular weight excluding hydrogens is 192 g/mol. The van der Waals surface area contributed by atoms with Crippen molar-refractivity contribution in [2.24, 2.45) is 0 Å². The third-order valence-electron chi connectivity index (χ3n) is 1.98. The first-order valence-corrected chi connectivity index (χ1v) is 4.45. The van der Waals surface area contributed by atoms with Crippen molar-refractivity contribution in [3.63, 3.8) is 0 Å². The van der Waals surface area contributed by atoms with Crippen LogP contribution in [0.2, 0.25) is 0 Å². The minimum absolute atomic E-state index is 0.247. The standard InChI is InChI=1S/C10H10N4O/c1-7-6-9(11)14(13-7)10(15)8-2-4-12-5-3-8/h2-6H,11H2,1H3. The van der Waals surface area contributed by atoms with Gasteiger partial charge in [0.25, 0.3) is 5.91 Å². The van der Waals surface area contributed by atoms with Crippen molar-refractivity contribution < 1.29 is 4.79 Å². The summed E-state index contributed by atoms with van der Waals surface area (Å²) in [6, 6.07) is 4.90. The third kappa shape index (κ3) is 1.71. The Morgan fingerprint density at radius 2 is 2.07 bits per heavy atom. The third-order valence-corrected chi connectivity index (χ3v) is 1.98. The van der Waals surface area contributed by atoms with Gasteiger partial charge in [-0.05, 0) is 19.1 Å². The average molecular weight is 202 g/mol. The minimum atomic E-state index is -0.247. The molecule has 0 aliphatic carbocycles. The zero-order chi connectivity index (χ0) is 10.8. The van der Waals surface area contributed by atoms with Crippen LogP contribution >= 0.6 is 0 Å². The summed E-state index contributed by atoms with van der Waals surface area (Å²) in [7, 11) is 0. The number of anilines is 1. The van der Waals surface area contributed by atoms with Crippen molar-refractivity contribution >= 4 is 11.7 Å². The van der Waals surface area contributed by atoms with Crippen molar-refractivity contribution in [3.8, 4) is 0 Å². The maximum absolute atomic E-state index is 11.9. The Bertz CT molecular complexity index is 489. The van der Waals surface area contributed by atoms with E-state index in [0.717, 1.165) is 5.69 Å². The molecule has 0 atom stereocenters. The molecule has 0 radical (unpaired) electrons. The normalized spacial score (nSPS) is 10.2. The molecule has 0 spiro atoms. The molecule has 0 aromatic carbocycles. The minimum Gasteiger partial charge on any atom is -0.383 e. The molecule has 5 nitrogen and oxygen atoms in total.